The van der Waals surface area contributed by atoms with Gasteiger partial charge in [-0.1, -0.05) is 18.2 Å². The number of carbonyl (C=O) groups is 2. The summed E-state index contributed by atoms with van der Waals surface area (Å²) in [6.07, 6.45) is 0.787. The third-order valence-electron chi connectivity index (χ3n) is 1.95. The highest BCUT2D eigenvalue weighted by atomic mass is 16.2. The van der Waals surface area contributed by atoms with Gasteiger partial charge in [-0.2, -0.15) is 0 Å². The number of hydrogen-bond donors (Lipinski definition) is 0. The Morgan fingerprint density at radius 1 is 1.12 bits per heavy atom. The van der Waals surface area contributed by atoms with E-state index in [9.17, 15) is 9.59 Å². The Morgan fingerprint density at radius 2 is 1.56 bits per heavy atom. The van der Waals surface area contributed by atoms with E-state index < -0.39 is 0 Å². The Hall–Kier alpha value is -1.84. The second-order valence-corrected chi connectivity index (χ2v) is 3.47. The van der Waals surface area contributed by atoms with Crippen LogP contribution in [-0.2, 0) is 9.59 Å². The minimum absolute atomic E-state index is 0.0926. The lowest BCUT2D eigenvalue weighted by molar-refractivity contribution is -0.126. The van der Waals surface area contributed by atoms with E-state index >= 15 is 0 Å². The van der Waals surface area contributed by atoms with Gasteiger partial charge in [0.05, 0.1) is 0 Å². The fourth-order valence-corrected chi connectivity index (χ4v) is 0.724. The first-order valence-corrected chi connectivity index (χ1v) is 4.90. The molecule has 4 heteroatoms. The fraction of sp³-hybridized carbons (Fsp3) is 0.333. The first-order valence-electron chi connectivity index (χ1n) is 4.90. The number of anilines is 1. The summed E-state index contributed by atoms with van der Waals surface area (Å²) in [5.41, 5.74) is 0.914. The summed E-state index contributed by atoms with van der Waals surface area (Å²) in [5.74, 6) is 0.0926. The highest BCUT2D eigenvalue weighted by Crippen LogP contribution is 2.07. The molecule has 0 aliphatic rings. The standard InChI is InChI=1S/C8H9NO.C4H9NO/c1-9(7-10)8-5-3-2-4-6-8;1-4(6)5(2)3/h2-7H,1H3;1-3H3. The van der Waals surface area contributed by atoms with Gasteiger partial charge in [0.2, 0.25) is 12.3 Å². The molecule has 0 aliphatic heterocycles. The Kier molecular flexibility index (Phi) is 6.59. The molecule has 1 rings (SSSR count). The molecular weight excluding hydrogens is 204 g/mol. The average molecular weight is 222 g/mol. The van der Waals surface area contributed by atoms with Crippen molar-refractivity contribution in [1.29, 1.82) is 0 Å². The van der Waals surface area contributed by atoms with Crippen LogP contribution in [-0.4, -0.2) is 38.4 Å². The quantitative estimate of drug-likeness (QED) is 0.709. The van der Waals surface area contributed by atoms with Gasteiger partial charge in [0.1, 0.15) is 0 Å². The van der Waals surface area contributed by atoms with Crippen molar-refractivity contribution in [2.24, 2.45) is 0 Å². The minimum atomic E-state index is 0.0926. The zero-order chi connectivity index (χ0) is 12.6. The van der Waals surface area contributed by atoms with E-state index in [4.69, 9.17) is 0 Å². The van der Waals surface area contributed by atoms with Crippen molar-refractivity contribution >= 4 is 18.0 Å². The lowest BCUT2D eigenvalue weighted by Crippen LogP contribution is -2.17. The lowest BCUT2D eigenvalue weighted by Gasteiger charge is -2.08. The van der Waals surface area contributed by atoms with Crippen LogP contribution < -0.4 is 4.90 Å². The third-order valence-corrected chi connectivity index (χ3v) is 1.95. The molecule has 0 unspecified atom stereocenters. The van der Waals surface area contributed by atoms with E-state index in [2.05, 4.69) is 0 Å². The van der Waals surface area contributed by atoms with Crippen molar-refractivity contribution in [3.05, 3.63) is 30.3 Å². The van der Waals surface area contributed by atoms with E-state index in [1.54, 1.807) is 21.1 Å². The maximum atomic E-state index is 10.2. The molecule has 0 N–H and O–H groups in total. The van der Waals surface area contributed by atoms with Crippen molar-refractivity contribution in [2.45, 2.75) is 6.92 Å². The summed E-state index contributed by atoms with van der Waals surface area (Å²) in [5, 5.41) is 0. The van der Waals surface area contributed by atoms with E-state index in [0.29, 0.717) is 0 Å². The van der Waals surface area contributed by atoms with Crippen LogP contribution in [0, 0.1) is 0 Å². The Labute approximate surface area is 96.5 Å². The van der Waals surface area contributed by atoms with Gasteiger partial charge in [-0.15, -0.1) is 0 Å². The second-order valence-electron chi connectivity index (χ2n) is 3.47. The van der Waals surface area contributed by atoms with E-state index in [-0.39, 0.29) is 5.91 Å². The van der Waals surface area contributed by atoms with Crippen molar-refractivity contribution < 1.29 is 9.59 Å². The van der Waals surface area contributed by atoms with Crippen LogP contribution in [0.2, 0.25) is 0 Å². The van der Waals surface area contributed by atoms with E-state index in [1.165, 1.54) is 16.7 Å². The van der Waals surface area contributed by atoms with Gasteiger partial charge in [-0.05, 0) is 12.1 Å². The molecule has 4 nitrogen and oxygen atoms in total. The number of nitrogens with zero attached hydrogens (tertiary/aromatic N) is 2. The van der Waals surface area contributed by atoms with E-state index in [0.717, 1.165) is 12.1 Å². The summed E-state index contributed by atoms with van der Waals surface area (Å²) in [6, 6.07) is 9.48. The first-order chi connectivity index (χ1) is 7.49. The molecule has 0 saturated heterocycles. The zero-order valence-corrected chi connectivity index (χ0v) is 10.2. The van der Waals surface area contributed by atoms with Gasteiger partial charge in [0.15, 0.2) is 0 Å². The molecule has 2 amide bonds. The molecule has 88 valence electrons. The molecule has 1 aromatic rings. The average Bonchev–Trinajstić information content (AvgIpc) is 2.30. The monoisotopic (exact) mass is 222 g/mol. The maximum Gasteiger partial charge on any atom is 0.218 e. The number of amides is 2. The summed E-state index contributed by atoms with van der Waals surface area (Å²) >= 11 is 0. The van der Waals surface area contributed by atoms with Crippen molar-refractivity contribution in [2.75, 3.05) is 26.0 Å². The van der Waals surface area contributed by atoms with Crippen molar-refractivity contribution in [1.82, 2.24) is 4.90 Å². The van der Waals surface area contributed by atoms with Gasteiger partial charge in [-0.3, -0.25) is 9.59 Å². The summed E-state index contributed by atoms with van der Waals surface area (Å²) < 4.78 is 0. The number of benzene rings is 1. The summed E-state index contributed by atoms with van der Waals surface area (Å²) in [6.45, 7) is 1.53. The van der Waals surface area contributed by atoms with Crippen molar-refractivity contribution in [3.63, 3.8) is 0 Å². The largest absolute Gasteiger partial charge is 0.349 e. The second kappa shape index (κ2) is 7.45. The molecule has 0 heterocycles. The molecule has 0 bridgehead atoms. The molecule has 0 saturated carbocycles. The lowest BCUT2D eigenvalue weighted by atomic mass is 10.3. The topological polar surface area (TPSA) is 40.6 Å². The minimum Gasteiger partial charge on any atom is -0.349 e. The molecule has 0 atom stereocenters. The molecule has 0 spiro atoms. The number of para-hydroxylation sites is 1. The van der Waals surface area contributed by atoms with Gasteiger partial charge in [0.25, 0.3) is 0 Å². The molecular formula is C12H18N2O2. The van der Waals surface area contributed by atoms with Crippen LogP contribution in [0.1, 0.15) is 6.92 Å². The third kappa shape index (κ3) is 5.80. The SMILES string of the molecule is CC(=O)N(C)C.CN(C=O)c1ccccc1. The van der Waals surface area contributed by atoms with Crippen molar-refractivity contribution in [3.8, 4) is 0 Å². The summed E-state index contributed by atoms with van der Waals surface area (Å²) in [4.78, 5) is 23.4. The smallest absolute Gasteiger partial charge is 0.218 e. The van der Waals surface area contributed by atoms with Crippen LogP contribution in [0.5, 0.6) is 0 Å². The fourth-order valence-electron chi connectivity index (χ4n) is 0.724. The first kappa shape index (κ1) is 14.2. The maximum absolute atomic E-state index is 10.2. The molecule has 1 aromatic carbocycles. The molecule has 0 aromatic heterocycles. The van der Waals surface area contributed by atoms with Crippen LogP contribution in [0.25, 0.3) is 0 Å². The normalized spacial score (nSPS) is 8.50. The predicted octanol–water partition coefficient (Wildman–Crippen LogP) is 1.37. The summed E-state index contributed by atoms with van der Waals surface area (Å²) in [7, 11) is 5.17. The molecule has 0 radical (unpaired) electrons. The number of carbonyl (C=O) groups excluding carboxylic acids is 2. The van der Waals surface area contributed by atoms with Crippen LogP contribution >= 0.6 is 0 Å². The molecule has 0 fully saturated rings. The highest BCUT2D eigenvalue weighted by Gasteiger charge is 1.93. The molecule has 16 heavy (non-hydrogen) atoms. The Balaban J connectivity index is 0.000000325. The Morgan fingerprint density at radius 3 is 1.88 bits per heavy atom. The Bertz CT molecular complexity index is 323. The number of rotatable bonds is 2. The van der Waals surface area contributed by atoms with Crippen LogP contribution in [0.4, 0.5) is 5.69 Å². The highest BCUT2D eigenvalue weighted by molar-refractivity contribution is 5.73. The number of hydrogen-bond acceptors (Lipinski definition) is 2. The molecule has 0 aliphatic carbocycles. The predicted molar refractivity (Wildman–Crippen MR) is 65.3 cm³/mol. The zero-order valence-electron chi connectivity index (χ0n) is 10.2. The van der Waals surface area contributed by atoms with Crippen LogP contribution in [0.15, 0.2) is 30.3 Å². The van der Waals surface area contributed by atoms with E-state index in [1.807, 2.05) is 30.3 Å². The van der Waals surface area contributed by atoms with Gasteiger partial charge in [-0.25, -0.2) is 0 Å². The van der Waals surface area contributed by atoms with Gasteiger partial charge in [0, 0.05) is 33.8 Å². The van der Waals surface area contributed by atoms with Gasteiger partial charge >= 0.3 is 0 Å². The van der Waals surface area contributed by atoms with Crippen LogP contribution in [0.3, 0.4) is 0 Å². The van der Waals surface area contributed by atoms with Gasteiger partial charge < -0.3 is 9.80 Å².